The highest BCUT2D eigenvalue weighted by atomic mass is 16.3. The minimum atomic E-state index is -0.824. The fourth-order valence-electron chi connectivity index (χ4n) is 10.1. The molecule has 0 radical (unpaired) electrons. The third-order valence-electron chi connectivity index (χ3n) is 12.7. The predicted octanol–water partition coefficient (Wildman–Crippen LogP) is 6.35. The molecule has 0 spiro atoms. The number of nitrogens with one attached hydrogen (secondary N) is 2. The topological polar surface area (TPSA) is 78.4 Å². The van der Waals surface area contributed by atoms with Crippen LogP contribution >= 0.6 is 0 Å². The van der Waals surface area contributed by atoms with E-state index in [4.69, 9.17) is 0 Å². The number of rotatable bonds is 7. The molecule has 0 unspecified atom stereocenters. The van der Waals surface area contributed by atoms with Crippen LogP contribution in [0, 0.1) is 39.4 Å². The Morgan fingerprint density at radius 2 is 1.15 bits per heavy atom. The highest BCUT2D eigenvalue weighted by Crippen LogP contribution is 2.69. The monoisotopic (exact) mass is 542 g/mol. The van der Waals surface area contributed by atoms with Gasteiger partial charge < -0.3 is 15.7 Å². The summed E-state index contributed by atoms with van der Waals surface area (Å²) in [5.74, 6) is 1.23. The molecule has 6 rings (SSSR count). The number of amides is 2. The number of carbonyl (C=O) groups excluding carboxylic acids is 2. The van der Waals surface area contributed by atoms with E-state index in [2.05, 4.69) is 45.3 Å². The average molecular weight is 543 g/mol. The molecule has 4 aliphatic rings. The maximum Gasteiger partial charge on any atom is 0.229 e. The molecule has 0 heterocycles. The summed E-state index contributed by atoms with van der Waals surface area (Å²) in [6.45, 7) is 11.1. The standard InChI is InChI=1S/C35H46N2O3/c1-22-20-25-16-18-34(22,32(25,2)3)30(39)36-28(23-12-8-6-9-13-23)29(24-14-10-7-11-15-24)37-31(40)35-19-17-26(21-27(35)38)33(35,4)5/h6-15,22,25-29,38H,16-21H2,1-5H3,(H,36,39)(H,37,40)/t22-,25-,26-,27-,28+,29+,34+,35+/m1/s1. The first kappa shape index (κ1) is 27.5. The van der Waals surface area contributed by atoms with Crippen LogP contribution in [0.3, 0.4) is 0 Å². The highest BCUT2D eigenvalue weighted by molar-refractivity contribution is 5.87. The van der Waals surface area contributed by atoms with Crippen molar-refractivity contribution in [2.45, 2.75) is 91.3 Å². The molecule has 40 heavy (non-hydrogen) atoms. The van der Waals surface area contributed by atoms with Crippen LogP contribution in [-0.2, 0) is 9.59 Å². The third-order valence-corrected chi connectivity index (χ3v) is 12.7. The number of hydrogen-bond donors (Lipinski definition) is 3. The normalized spacial score (nSPS) is 36.2. The number of hydrogen-bond acceptors (Lipinski definition) is 3. The lowest BCUT2D eigenvalue weighted by Crippen LogP contribution is -2.55. The molecule has 4 saturated carbocycles. The van der Waals surface area contributed by atoms with Crippen molar-refractivity contribution in [1.29, 1.82) is 0 Å². The Balaban J connectivity index is 1.40. The molecule has 5 heteroatoms. The molecule has 4 fully saturated rings. The van der Waals surface area contributed by atoms with Crippen molar-refractivity contribution >= 4 is 11.8 Å². The molecule has 0 aliphatic heterocycles. The third kappa shape index (κ3) is 3.62. The first-order chi connectivity index (χ1) is 19.0. The number of carbonyl (C=O) groups is 2. The van der Waals surface area contributed by atoms with Crippen molar-refractivity contribution in [3.05, 3.63) is 71.8 Å². The van der Waals surface area contributed by atoms with Crippen LogP contribution in [0.5, 0.6) is 0 Å². The van der Waals surface area contributed by atoms with E-state index in [1.807, 2.05) is 60.7 Å². The van der Waals surface area contributed by atoms with Gasteiger partial charge in [0.25, 0.3) is 0 Å². The van der Waals surface area contributed by atoms with Gasteiger partial charge in [-0.2, -0.15) is 0 Å². The molecule has 4 bridgehead atoms. The fraction of sp³-hybridized carbons (Fsp3) is 0.600. The lowest BCUT2D eigenvalue weighted by Gasteiger charge is -2.43. The Morgan fingerprint density at radius 1 is 0.725 bits per heavy atom. The zero-order valence-corrected chi connectivity index (χ0v) is 24.7. The zero-order valence-electron chi connectivity index (χ0n) is 24.7. The largest absolute Gasteiger partial charge is 0.392 e. The maximum absolute atomic E-state index is 14.5. The minimum Gasteiger partial charge on any atom is -0.392 e. The smallest absolute Gasteiger partial charge is 0.229 e. The average Bonchev–Trinajstić information content (AvgIpc) is 3.50. The number of fused-ring (bicyclic) bond motifs is 4. The summed E-state index contributed by atoms with van der Waals surface area (Å²) in [5.41, 5.74) is 0.310. The molecule has 4 aliphatic carbocycles. The van der Waals surface area contributed by atoms with Gasteiger partial charge in [0.15, 0.2) is 0 Å². The SMILES string of the molecule is C[C@@H]1C[C@H]2CC[C@]1(C(=O)N[C@@H](c1ccccc1)[C@@H](NC(=O)[C@]13CC[C@H](C[C@H]1O)C3(C)C)c1ccccc1)C2(C)C. The fourth-order valence-corrected chi connectivity index (χ4v) is 10.1. The Hall–Kier alpha value is -2.66. The molecule has 3 N–H and O–H groups in total. The summed E-state index contributed by atoms with van der Waals surface area (Å²) in [7, 11) is 0. The minimum absolute atomic E-state index is 0.0704. The van der Waals surface area contributed by atoms with Crippen LogP contribution in [-0.4, -0.2) is 23.0 Å². The van der Waals surface area contributed by atoms with Crippen LogP contribution in [0.1, 0.15) is 96.4 Å². The van der Waals surface area contributed by atoms with Crippen LogP contribution in [0.2, 0.25) is 0 Å². The van der Waals surface area contributed by atoms with Crippen molar-refractivity contribution in [3.8, 4) is 0 Å². The highest BCUT2D eigenvalue weighted by Gasteiger charge is 2.68. The quantitative estimate of drug-likeness (QED) is 0.381. The van der Waals surface area contributed by atoms with Crippen molar-refractivity contribution in [1.82, 2.24) is 10.6 Å². The van der Waals surface area contributed by atoms with E-state index in [0.29, 0.717) is 30.6 Å². The van der Waals surface area contributed by atoms with E-state index in [1.165, 1.54) is 0 Å². The van der Waals surface area contributed by atoms with Gasteiger partial charge >= 0.3 is 0 Å². The molecular formula is C35H46N2O3. The Labute approximate surface area is 239 Å². The molecule has 8 atom stereocenters. The van der Waals surface area contributed by atoms with Gasteiger partial charge in [-0.3, -0.25) is 9.59 Å². The second kappa shape index (κ2) is 9.44. The summed E-state index contributed by atoms with van der Waals surface area (Å²) in [4.78, 5) is 28.9. The van der Waals surface area contributed by atoms with Crippen molar-refractivity contribution in [2.75, 3.05) is 0 Å². The first-order valence-electron chi connectivity index (χ1n) is 15.4. The molecule has 2 aromatic rings. The van der Waals surface area contributed by atoms with Crippen LogP contribution in [0.15, 0.2) is 60.7 Å². The van der Waals surface area contributed by atoms with Gasteiger partial charge in [0.05, 0.1) is 29.0 Å². The summed E-state index contributed by atoms with van der Waals surface area (Å²) in [6.07, 6.45) is 4.76. The van der Waals surface area contributed by atoms with Gasteiger partial charge in [0, 0.05) is 0 Å². The van der Waals surface area contributed by atoms with E-state index in [1.54, 1.807) is 0 Å². The van der Waals surface area contributed by atoms with Gasteiger partial charge in [-0.15, -0.1) is 0 Å². The zero-order chi connectivity index (χ0) is 28.5. The van der Waals surface area contributed by atoms with Gasteiger partial charge in [0.2, 0.25) is 11.8 Å². The van der Waals surface area contributed by atoms with Crippen LogP contribution in [0.4, 0.5) is 0 Å². The van der Waals surface area contributed by atoms with Crippen LogP contribution < -0.4 is 10.6 Å². The molecule has 0 saturated heterocycles. The molecular weight excluding hydrogens is 496 g/mol. The predicted molar refractivity (Wildman–Crippen MR) is 157 cm³/mol. The van der Waals surface area contributed by atoms with Gasteiger partial charge in [-0.1, -0.05) is 95.3 Å². The second-order valence-corrected chi connectivity index (χ2v) is 14.5. The van der Waals surface area contributed by atoms with Gasteiger partial charge in [0.1, 0.15) is 0 Å². The summed E-state index contributed by atoms with van der Waals surface area (Å²) < 4.78 is 0. The van der Waals surface area contributed by atoms with Crippen molar-refractivity contribution in [2.24, 2.45) is 39.4 Å². The summed E-state index contributed by atoms with van der Waals surface area (Å²) in [5, 5.41) is 18.2. The second-order valence-electron chi connectivity index (χ2n) is 14.5. The summed E-state index contributed by atoms with van der Waals surface area (Å²) in [6, 6.07) is 19.1. The van der Waals surface area contributed by atoms with E-state index in [0.717, 1.165) is 36.8 Å². The van der Waals surface area contributed by atoms with E-state index in [9.17, 15) is 14.7 Å². The maximum atomic E-state index is 14.5. The molecule has 0 aromatic heterocycles. The Morgan fingerprint density at radius 3 is 1.52 bits per heavy atom. The number of aliphatic hydroxyl groups is 1. The molecule has 5 nitrogen and oxygen atoms in total. The lowest BCUT2D eigenvalue weighted by atomic mass is 9.64. The van der Waals surface area contributed by atoms with Gasteiger partial charge in [-0.05, 0) is 78.2 Å². The Kier molecular flexibility index (Phi) is 6.49. The van der Waals surface area contributed by atoms with Crippen molar-refractivity contribution < 1.29 is 14.7 Å². The molecule has 2 amide bonds. The van der Waals surface area contributed by atoms with Gasteiger partial charge in [-0.25, -0.2) is 0 Å². The van der Waals surface area contributed by atoms with Crippen molar-refractivity contribution in [3.63, 3.8) is 0 Å². The van der Waals surface area contributed by atoms with Crippen LogP contribution in [0.25, 0.3) is 0 Å². The molecule has 2 aromatic carbocycles. The number of benzene rings is 2. The lowest BCUT2D eigenvalue weighted by molar-refractivity contribution is -0.145. The molecule has 214 valence electrons. The Bertz CT molecular complexity index is 1170. The van der Waals surface area contributed by atoms with E-state index < -0.39 is 29.0 Å². The van der Waals surface area contributed by atoms with E-state index in [-0.39, 0.29) is 22.6 Å². The first-order valence-corrected chi connectivity index (χ1v) is 15.4. The number of aliphatic hydroxyl groups excluding tert-OH is 1. The van der Waals surface area contributed by atoms with E-state index >= 15 is 0 Å². The summed E-state index contributed by atoms with van der Waals surface area (Å²) >= 11 is 0.